The summed E-state index contributed by atoms with van der Waals surface area (Å²) in [4.78, 5) is 16.7. The first-order valence-corrected chi connectivity index (χ1v) is 8.72. The Morgan fingerprint density at radius 2 is 2.27 bits per heavy atom. The molecule has 1 amide bonds. The molecule has 0 saturated carbocycles. The molecule has 0 spiro atoms. The molecule has 1 atom stereocenters. The van der Waals surface area contributed by atoms with Crippen LogP contribution in [0.5, 0.6) is 0 Å². The Morgan fingerprint density at radius 1 is 1.45 bits per heavy atom. The number of rotatable bonds is 4. The van der Waals surface area contributed by atoms with Gasteiger partial charge in [-0.3, -0.25) is 19.9 Å². The summed E-state index contributed by atoms with van der Waals surface area (Å²) >= 11 is 1.34. The fourth-order valence-electron chi connectivity index (χ4n) is 3.21. The van der Waals surface area contributed by atoms with Crippen LogP contribution < -0.4 is 5.32 Å². The van der Waals surface area contributed by atoms with Crippen molar-refractivity contribution in [1.82, 2.24) is 20.0 Å². The molecule has 0 bridgehead atoms. The van der Waals surface area contributed by atoms with Gasteiger partial charge in [0.05, 0.1) is 19.3 Å². The zero-order valence-corrected chi connectivity index (χ0v) is 13.7. The number of aromatic nitrogens is 2. The number of hydrogen-bond donors (Lipinski definition) is 1. The Labute approximate surface area is 134 Å². The predicted molar refractivity (Wildman–Crippen MR) is 85.0 cm³/mol. The smallest absolute Gasteiger partial charge is 0.240 e. The third kappa shape index (κ3) is 4.22. The van der Waals surface area contributed by atoms with Gasteiger partial charge in [0, 0.05) is 32.2 Å². The number of carbonyl (C=O) groups excluding carboxylic acids is 1. The van der Waals surface area contributed by atoms with Crippen LogP contribution in [0.25, 0.3) is 0 Å². The lowest BCUT2D eigenvalue weighted by molar-refractivity contribution is -0.117. The monoisotopic (exact) mass is 325 g/mol. The molecule has 2 fully saturated rings. The summed E-state index contributed by atoms with van der Waals surface area (Å²) in [6, 6.07) is 0.633. The number of nitrogens with one attached hydrogen (secondary N) is 1. The van der Waals surface area contributed by atoms with Crippen LogP contribution in [0.15, 0.2) is 5.51 Å². The summed E-state index contributed by atoms with van der Waals surface area (Å²) in [5, 5.41) is 10.9. The zero-order chi connectivity index (χ0) is 15.4. The van der Waals surface area contributed by atoms with E-state index in [0.29, 0.717) is 23.8 Å². The SMILES string of the molecule is CC1CN(C2CCN(CC(=O)Nc3nncs3)CC2)CCO1. The number of anilines is 1. The number of ether oxygens (including phenoxy) is 1. The summed E-state index contributed by atoms with van der Waals surface area (Å²) in [7, 11) is 0. The molecule has 0 radical (unpaired) electrons. The number of piperidine rings is 1. The highest BCUT2D eigenvalue weighted by Gasteiger charge is 2.28. The molecule has 3 rings (SSSR count). The van der Waals surface area contributed by atoms with Crippen LogP contribution in [0.4, 0.5) is 5.13 Å². The molecule has 1 aromatic heterocycles. The molecule has 8 heteroatoms. The maximum absolute atomic E-state index is 12.0. The lowest BCUT2D eigenvalue weighted by atomic mass is 10.0. The van der Waals surface area contributed by atoms with Crippen molar-refractivity contribution in [2.45, 2.75) is 31.9 Å². The van der Waals surface area contributed by atoms with E-state index in [1.165, 1.54) is 11.3 Å². The predicted octanol–water partition coefficient (Wildman–Crippen LogP) is 0.662. The molecular weight excluding hydrogens is 302 g/mol. The van der Waals surface area contributed by atoms with Crippen molar-refractivity contribution in [3.05, 3.63) is 5.51 Å². The number of amides is 1. The topological polar surface area (TPSA) is 70.6 Å². The summed E-state index contributed by atoms with van der Waals surface area (Å²) in [6.45, 7) is 7.42. The van der Waals surface area contributed by atoms with Crippen LogP contribution >= 0.6 is 11.3 Å². The molecule has 3 heterocycles. The zero-order valence-electron chi connectivity index (χ0n) is 12.9. The van der Waals surface area contributed by atoms with Crippen LogP contribution in [0, 0.1) is 0 Å². The number of hydrogen-bond acceptors (Lipinski definition) is 7. The molecule has 1 unspecified atom stereocenters. The molecule has 7 nitrogen and oxygen atoms in total. The van der Waals surface area contributed by atoms with Crippen LogP contribution in [-0.4, -0.2) is 77.4 Å². The molecular formula is C14H23N5O2S. The minimum atomic E-state index is -0.00445. The van der Waals surface area contributed by atoms with E-state index in [4.69, 9.17) is 4.74 Å². The average Bonchev–Trinajstić information content (AvgIpc) is 3.01. The molecule has 2 aliphatic rings. The maximum atomic E-state index is 12.0. The second-order valence-electron chi connectivity index (χ2n) is 5.98. The number of likely N-dealkylation sites (tertiary alicyclic amines) is 1. The van der Waals surface area contributed by atoms with E-state index >= 15 is 0 Å². The first-order chi connectivity index (χ1) is 10.7. The number of nitrogens with zero attached hydrogens (tertiary/aromatic N) is 4. The highest BCUT2D eigenvalue weighted by atomic mass is 32.1. The van der Waals surface area contributed by atoms with Crippen LogP contribution in [0.1, 0.15) is 19.8 Å². The quantitative estimate of drug-likeness (QED) is 0.877. The normalized spacial score (nSPS) is 25.2. The molecule has 22 heavy (non-hydrogen) atoms. The average molecular weight is 325 g/mol. The van der Waals surface area contributed by atoms with E-state index in [9.17, 15) is 4.79 Å². The van der Waals surface area contributed by atoms with Gasteiger partial charge in [0.25, 0.3) is 0 Å². The molecule has 2 saturated heterocycles. The first-order valence-electron chi connectivity index (χ1n) is 7.85. The van der Waals surface area contributed by atoms with E-state index in [2.05, 4.69) is 32.2 Å². The fraction of sp³-hybridized carbons (Fsp3) is 0.786. The van der Waals surface area contributed by atoms with E-state index in [-0.39, 0.29) is 5.91 Å². The van der Waals surface area contributed by atoms with Crippen molar-refractivity contribution in [3.63, 3.8) is 0 Å². The van der Waals surface area contributed by atoms with Gasteiger partial charge < -0.3 is 4.74 Å². The number of carbonyl (C=O) groups is 1. The maximum Gasteiger partial charge on any atom is 0.240 e. The molecule has 0 aromatic carbocycles. The van der Waals surface area contributed by atoms with Gasteiger partial charge in [-0.2, -0.15) is 0 Å². The van der Waals surface area contributed by atoms with Crippen molar-refractivity contribution >= 4 is 22.4 Å². The summed E-state index contributed by atoms with van der Waals surface area (Å²) in [5.41, 5.74) is 1.62. The minimum Gasteiger partial charge on any atom is -0.376 e. The second-order valence-corrected chi connectivity index (χ2v) is 6.81. The second kappa shape index (κ2) is 7.45. The fourth-order valence-corrected chi connectivity index (χ4v) is 3.67. The highest BCUT2D eigenvalue weighted by molar-refractivity contribution is 7.13. The summed E-state index contributed by atoms with van der Waals surface area (Å²) < 4.78 is 5.61. The van der Waals surface area contributed by atoms with Crippen molar-refractivity contribution in [2.75, 3.05) is 44.6 Å². The minimum absolute atomic E-state index is 0.00445. The molecule has 2 aliphatic heterocycles. The van der Waals surface area contributed by atoms with Gasteiger partial charge in [0.1, 0.15) is 5.51 Å². The lowest BCUT2D eigenvalue weighted by Crippen LogP contribution is -2.51. The van der Waals surface area contributed by atoms with Crippen LogP contribution in [0.3, 0.4) is 0 Å². The highest BCUT2D eigenvalue weighted by Crippen LogP contribution is 2.19. The van der Waals surface area contributed by atoms with Gasteiger partial charge in [-0.1, -0.05) is 11.3 Å². The van der Waals surface area contributed by atoms with E-state index in [1.807, 2.05) is 0 Å². The largest absolute Gasteiger partial charge is 0.376 e. The van der Waals surface area contributed by atoms with Gasteiger partial charge in [0.2, 0.25) is 11.0 Å². The van der Waals surface area contributed by atoms with Gasteiger partial charge >= 0.3 is 0 Å². The van der Waals surface area contributed by atoms with Crippen LogP contribution in [0.2, 0.25) is 0 Å². The van der Waals surface area contributed by atoms with Gasteiger partial charge in [-0.25, -0.2) is 0 Å². The van der Waals surface area contributed by atoms with Crippen molar-refractivity contribution in [1.29, 1.82) is 0 Å². The molecule has 1 N–H and O–H groups in total. The third-order valence-corrected chi connectivity index (χ3v) is 4.93. The molecule has 1 aromatic rings. The third-order valence-electron chi connectivity index (χ3n) is 4.32. The summed E-state index contributed by atoms with van der Waals surface area (Å²) in [5.74, 6) is -0.00445. The van der Waals surface area contributed by atoms with E-state index < -0.39 is 0 Å². The Bertz CT molecular complexity index is 476. The van der Waals surface area contributed by atoms with Crippen molar-refractivity contribution in [3.8, 4) is 0 Å². The lowest BCUT2D eigenvalue weighted by Gasteiger charge is -2.41. The Kier molecular flexibility index (Phi) is 5.35. The number of morpholine rings is 1. The molecule has 122 valence electrons. The first kappa shape index (κ1) is 15.8. The Hall–Kier alpha value is -1.09. The van der Waals surface area contributed by atoms with Crippen molar-refractivity contribution in [2.24, 2.45) is 0 Å². The Morgan fingerprint density at radius 3 is 2.95 bits per heavy atom. The van der Waals surface area contributed by atoms with Crippen molar-refractivity contribution < 1.29 is 9.53 Å². The van der Waals surface area contributed by atoms with Gasteiger partial charge in [0.15, 0.2) is 0 Å². The van der Waals surface area contributed by atoms with E-state index in [0.717, 1.165) is 45.6 Å². The van der Waals surface area contributed by atoms with E-state index in [1.54, 1.807) is 5.51 Å². The summed E-state index contributed by atoms with van der Waals surface area (Å²) in [6.07, 6.45) is 2.59. The molecule has 0 aliphatic carbocycles. The standard InChI is InChI=1S/C14H23N5O2S/c1-11-8-19(6-7-21-11)12-2-4-18(5-3-12)9-13(20)16-14-17-15-10-22-14/h10-12H,2-9H2,1H3,(H,16,17,20). The Balaban J connectivity index is 1.40. The van der Waals surface area contributed by atoms with Gasteiger partial charge in [-0.15, -0.1) is 10.2 Å². The van der Waals surface area contributed by atoms with Gasteiger partial charge in [-0.05, 0) is 19.8 Å². The van der Waals surface area contributed by atoms with Crippen LogP contribution in [-0.2, 0) is 9.53 Å².